The summed E-state index contributed by atoms with van der Waals surface area (Å²) in [5.74, 6) is 0. The molecule has 2 nitrogen and oxygen atoms in total. The predicted molar refractivity (Wildman–Crippen MR) is 63.5 cm³/mol. The fourth-order valence-corrected chi connectivity index (χ4v) is 0. The van der Waals surface area contributed by atoms with Crippen molar-refractivity contribution >= 4 is 36.4 Å². The molecule has 0 spiro atoms. The summed E-state index contributed by atoms with van der Waals surface area (Å²) in [7, 11) is -10.8. The van der Waals surface area contributed by atoms with E-state index < -0.39 is 36.4 Å². The van der Waals surface area contributed by atoms with Crippen molar-refractivity contribution in [1.82, 2.24) is 0 Å². The summed E-state index contributed by atoms with van der Waals surface area (Å²) in [4.78, 5) is 0. The van der Waals surface area contributed by atoms with Gasteiger partial charge in [0.05, 0.1) is 0 Å². The van der Waals surface area contributed by atoms with Gasteiger partial charge in [-0.15, -0.1) is 0 Å². The molecule has 11 heteroatoms. The Morgan fingerprint density at radius 2 is 0.588 bits per heavy atom. The van der Waals surface area contributed by atoms with Crippen LogP contribution in [-0.2, 0) is 0 Å². The van der Waals surface area contributed by atoms with Gasteiger partial charge in [-0.2, -0.15) is 0 Å². The van der Waals surface area contributed by atoms with Crippen molar-refractivity contribution in [2.75, 3.05) is 0 Å². The van der Waals surface area contributed by atoms with Crippen LogP contribution in [0.4, 0.5) is 24.6 Å². The Morgan fingerprint density at radius 3 is 0.588 bits per heavy atom. The Hall–Kier alpha value is 0.834. The van der Waals surface area contributed by atoms with E-state index in [1.54, 1.807) is 0 Å². The third kappa shape index (κ3) is 5330. The Balaban J connectivity index is -0.000000177. The van der Waals surface area contributed by atoms with Crippen LogP contribution >= 0.6 is 0 Å². The summed E-state index contributed by atoms with van der Waals surface area (Å²) in [5.41, 5.74) is 11.5. The molecule has 0 saturated carbocycles. The number of hydrogen-bond acceptors (Lipinski definition) is 2. The van der Waals surface area contributed by atoms with Gasteiger partial charge in [0, 0.05) is 0 Å². The molecule has 0 aromatic carbocycles. The minimum atomic E-state index is -10.8. The van der Waals surface area contributed by atoms with Crippen LogP contribution in [0, 0.1) is 0 Å². The zero-order chi connectivity index (χ0) is 15.4. The van der Waals surface area contributed by atoms with E-state index in [9.17, 15) is 24.6 Å². The SMILES string of the molecule is C[As+](C)(C)O.C[As+](C)(C)O.F[Si-2](F)(F)(F)(F)F. The molecule has 0 amide bonds. The summed E-state index contributed by atoms with van der Waals surface area (Å²) in [5, 5.41) is 0. The second-order valence-electron chi connectivity index (χ2n) is 4.95. The molecule has 0 heterocycles. The van der Waals surface area contributed by atoms with Gasteiger partial charge in [-0.1, -0.05) is 0 Å². The van der Waals surface area contributed by atoms with Crippen LogP contribution in [0.25, 0.3) is 0 Å². The second kappa shape index (κ2) is 5.45. The normalized spacial score (nSPS) is 16.6. The van der Waals surface area contributed by atoms with Gasteiger partial charge >= 0.3 is 104 Å². The molecule has 0 aliphatic rings. The van der Waals surface area contributed by atoms with Crippen molar-refractivity contribution in [2.24, 2.45) is 0 Å². The van der Waals surface area contributed by atoms with Crippen LogP contribution < -0.4 is 0 Å². The average Bonchev–Trinajstić information content (AvgIpc) is 1.34. The fraction of sp³-hybridized carbons (Fsp3) is 1.00. The van der Waals surface area contributed by atoms with Crippen molar-refractivity contribution < 1.29 is 32.8 Å². The van der Waals surface area contributed by atoms with Crippen LogP contribution in [-0.4, -0.2) is 44.6 Å². The van der Waals surface area contributed by atoms with Gasteiger partial charge in [0.15, 0.2) is 0 Å². The number of halogens is 6. The van der Waals surface area contributed by atoms with E-state index in [0.717, 1.165) is 0 Å². The molecular formula is C6H20As2F6O2Si. The molecule has 0 rings (SSSR count). The van der Waals surface area contributed by atoms with E-state index in [2.05, 4.69) is 0 Å². The molecule has 0 atom stereocenters. The molecule has 0 aromatic rings. The van der Waals surface area contributed by atoms with Crippen molar-refractivity contribution in [1.29, 1.82) is 0 Å². The number of hydrogen-bond donors (Lipinski definition) is 2. The van der Waals surface area contributed by atoms with Gasteiger partial charge in [0.25, 0.3) is 0 Å². The standard InChI is InChI=1S/2C3H10AsO.F6Si/c2*1-4(2,3)5;1-7(2,3,4,5)6/h2*5H,1-3H3;/q2*+1;-2. The Morgan fingerprint density at radius 1 is 0.588 bits per heavy atom. The van der Waals surface area contributed by atoms with Crippen LogP contribution in [0.1, 0.15) is 0 Å². The van der Waals surface area contributed by atoms with Gasteiger partial charge in [-0.05, 0) is 0 Å². The number of rotatable bonds is 0. The van der Waals surface area contributed by atoms with Crippen molar-refractivity contribution in [2.45, 2.75) is 34.3 Å². The van der Waals surface area contributed by atoms with Crippen molar-refractivity contribution in [3.8, 4) is 0 Å². The van der Waals surface area contributed by atoms with E-state index in [1.807, 2.05) is 34.3 Å². The molecule has 0 aliphatic heterocycles. The summed E-state index contributed by atoms with van der Waals surface area (Å²) in [6.07, 6.45) is 0. The Kier molecular flexibility index (Phi) is 7.36. The van der Waals surface area contributed by atoms with Gasteiger partial charge < -0.3 is 0 Å². The maximum absolute atomic E-state index is 10.8. The molecule has 0 aromatic heterocycles. The maximum atomic E-state index is 9.88. The second-order valence-corrected chi connectivity index (χ2v) is 23.4. The van der Waals surface area contributed by atoms with Crippen molar-refractivity contribution in [3.63, 3.8) is 0 Å². The predicted octanol–water partition coefficient (Wildman–Crippen LogP) is 3.77. The van der Waals surface area contributed by atoms with Crippen LogP contribution in [0.3, 0.4) is 0 Å². The van der Waals surface area contributed by atoms with E-state index in [1.165, 1.54) is 0 Å². The van der Waals surface area contributed by atoms with E-state index in [-0.39, 0.29) is 0 Å². The van der Waals surface area contributed by atoms with E-state index in [0.29, 0.717) is 0 Å². The van der Waals surface area contributed by atoms with Gasteiger partial charge in [0.1, 0.15) is 0 Å². The minimum absolute atomic E-state index is 1.88. The van der Waals surface area contributed by atoms with Crippen LogP contribution in [0.5, 0.6) is 0 Å². The molecule has 2 N–H and O–H groups in total. The summed E-state index contributed by atoms with van der Waals surface area (Å²) in [6, 6.07) is 0. The quantitative estimate of drug-likeness (QED) is 0.359. The van der Waals surface area contributed by atoms with E-state index >= 15 is 0 Å². The fourth-order valence-electron chi connectivity index (χ4n) is 0. The molecular weight excluding hydrogens is 396 g/mol. The van der Waals surface area contributed by atoms with Crippen LogP contribution in [0.15, 0.2) is 0 Å². The van der Waals surface area contributed by atoms with E-state index in [4.69, 9.17) is 8.19 Å². The molecule has 17 heavy (non-hydrogen) atoms. The molecule has 0 saturated heterocycles. The molecule has 0 fully saturated rings. The van der Waals surface area contributed by atoms with Crippen LogP contribution in [0.2, 0.25) is 34.3 Å². The topological polar surface area (TPSA) is 40.5 Å². The first kappa shape index (κ1) is 23.0. The molecule has 0 bridgehead atoms. The molecule has 112 valence electrons. The summed E-state index contributed by atoms with van der Waals surface area (Å²) < 4.78 is 76.7. The third-order valence-electron chi connectivity index (χ3n) is 0. The van der Waals surface area contributed by atoms with Gasteiger partial charge in [-0.3, -0.25) is 0 Å². The zero-order valence-electron chi connectivity index (χ0n) is 10.6. The Bertz CT molecular complexity index is 190. The monoisotopic (exact) mass is 416 g/mol. The zero-order valence-corrected chi connectivity index (χ0v) is 15.3. The average molecular weight is 416 g/mol. The van der Waals surface area contributed by atoms with Gasteiger partial charge in [0.2, 0.25) is 0 Å². The summed E-state index contributed by atoms with van der Waals surface area (Å²) >= 11 is -3.75. The third-order valence-corrected chi connectivity index (χ3v) is 0. The van der Waals surface area contributed by atoms with Gasteiger partial charge in [-0.25, -0.2) is 0 Å². The first-order valence-electron chi connectivity index (χ1n) is 4.22. The molecule has 0 aliphatic carbocycles. The first-order chi connectivity index (χ1) is 6.45. The van der Waals surface area contributed by atoms with Crippen molar-refractivity contribution in [3.05, 3.63) is 0 Å². The first-order valence-corrected chi connectivity index (χ1v) is 19.4. The Labute approximate surface area is 103 Å². The summed E-state index contributed by atoms with van der Waals surface area (Å²) in [6.45, 7) is 0. The molecule has 0 unspecified atom stereocenters. The molecule has 0 radical (unpaired) electrons.